The van der Waals surface area contributed by atoms with E-state index in [0.29, 0.717) is 5.71 Å². The van der Waals surface area contributed by atoms with E-state index >= 15 is 0 Å². The van der Waals surface area contributed by atoms with Crippen LogP contribution in [0.25, 0.3) is 99.3 Å². The molecule has 0 bridgehead atoms. The average molecular weight is 854 g/mol. The molecule has 12 aromatic rings. The summed E-state index contributed by atoms with van der Waals surface area (Å²) in [5.41, 5.74) is 13.9. The topological polar surface area (TPSA) is 41.1 Å². The van der Waals surface area contributed by atoms with Crippen LogP contribution in [-0.4, -0.2) is 16.1 Å². The van der Waals surface area contributed by atoms with Crippen LogP contribution in [-0.2, 0) is 0 Å². The molecule has 3 heteroatoms. The first-order valence-electron chi connectivity index (χ1n) is 22.8. The van der Waals surface area contributed by atoms with Crippen molar-refractivity contribution in [2.24, 2.45) is 4.99 Å². The summed E-state index contributed by atoms with van der Waals surface area (Å²) in [5.74, 6) is 0.212. The van der Waals surface area contributed by atoms with Gasteiger partial charge in [0.1, 0.15) is 0 Å². The third-order valence-corrected chi connectivity index (χ3v) is 13.1. The van der Waals surface area contributed by atoms with E-state index in [2.05, 4.69) is 223 Å². The van der Waals surface area contributed by atoms with Gasteiger partial charge in [0.2, 0.25) is 0 Å². The van der Waals surface area contributed by atoms with Crippen LogP contribution >= 0.6 is 0 Å². The number of nitrogens with one attached hydrogen (secondary N) is 1. The van der Waals surface area contributed by atoms with E-state index in [1.165, 1.54) is 65.3 Å². The molecule has 1 aromatic heterocycles. The molecule has 0 fully saturated rings. The highest BCUT2D eigenvalue weighted by molar-refractivity contribution is 6.20. The Kier molecular flexibility index (Phi) is 10.00. The van der Waals surface area contributed by atoms with Gasteiger partial charge in [0.05, 0.1) is 16.7 Å². The van der Waals surface area contributed by atoms with Gasteiger partial charge in [-0.05, 0) is 120 Å². The molecule has 0 spiro atoms. The molecule has 0 amide bonds. The summed E-state index contributed by atoms with van der Waals surface area (Å²) in [6, 6.07) is 86.1. The highest BCUT2D eigenvalue weighted by Gasteiger charge is 2.15. The Balaban J connectivity index is 0.862. The first-order chi connectivity index (χ1) is 33.1. The lowest BCUT2D eigenvalue weighted by atomic mass is 9.89. The number of aliphatic imine (C=N–C) groups is 1. The summed E-state index contributed by atoms with van der Waals surface area (Å²) >= 11 is 0. The Morgan fingerprint density at radius 2 is 0.970 bits per heavy atom. The van der Waals surface area contributed by atoms with Gasteiger partial charge in [-0.25, -0.2) is 4.99 Å². The van der Waals surface area contributed by atoms with Crippen molar-refractivity contribution in [2.75, 3.05) is 0 Å². The van der Waals surface area contributed by atoms with Crippen LogP contribution in [0.1, 0.15) is 16.7 Å². The Morgan fingerprint density at radius 1 is 0.373 bits per heavy atom. The Morgan fingerprint density at radius 3 is 1.76 bits per heavy atom. The predicted octanol–water partition coefficient (Wildman–Crippen LogP) is 16.8. The van der Waals surface area contributed by atoms with Crippen LogP contribution < -0.4 is 0 Å². The van der Waals surface area contributed by atoms with Gasteiger partial charge in [0.15, 0.2) is 5.84 Å². The Hall–Kier alpha value is -8.92. The summed E-state index contributed by atoms with van der Waals surface area (Å²) < 4.78 is 2.34. The predicted molar refractivity (Wildman–Crippen MR) is 285 cm³/mol. The van der Waals surface area contributed by atoms with Crippen molar-refractivity contribution in [1.29, 1.82) is 5.41 Å². The van der Waals surface area contributed by atoms with Crippen LogP contribution in [0.3, 0.4) is 0 Å². The van der Waals surface area contributed by atoms with Crippen molar-refractivity contribution in [3.8, 4) is 39.1 Å². The molecule has 0 aliphatic rings. The molecule has 12 rings (SSSR count). The second-order valence-corrected chi connectivity index (χ2v) is 17.1. The maximum atomic E-state index is 9.03. The minimum Gasteiger partial charge on any atom is -0.309 e. The van der Waals surface area contributed by atoms with Gasteiger partial charge in [-0.1, -0.05) is 206 Å². The van der Waals surface area contributed by atoms with E-state index < -0.39 is 0 Å². The minimum atomic E-state index is 0.212. The van der Waals surface area contributed by atoms with Crippen LogP contribution in [0.4, 0.5) is 0 Å². The van der Waals surface area contributed by atoms with Gasteiger partial charge in [0, 0.05) is 27.6 Å². The quantitative estimate of drug-likeness (QED) is 0.0685. The first-order valence-corrected chi connectivity index (χ1v) is 22.8. The minimum absolute atomic E-state index is 0.212. The summed E-state index contributed by atoms with van der Waals surface area (Å²) in [5, 5.41) is 19.0. The number of para-hydroxylation sites is 2. The largest absolute Gasteiger partial charge is 0.309 e. The SMILES string of the molecule is N=C(N=C(/C=C/c1ccc(-c2ccc(-c3c4ccccc4cc4c3ccc3ccccc34)cc2)cc1)c1cccc(-c2ccc3c(c2)c2ccccc2n3-c2ccccc2)c1)c1ccccc1. The lowest BCUT2D eigenvalue weighted by Crippen LogP contribution is -2.04. The van der Waals surface area contributed by atoms with Gasteiger partial charge < -0.3 is 4.57 Å². The zero-order chi connectivity index (χ0) is 44.7. The van der Waals surface area contributed by atoms with E-state index in [-0.39, 0.29) is 5.84 Å². The van der Waals surface area contributed by atoms with Crippen LogP contribution in [0, 0.1) is 5.41 Å². The highest BCUT2D eigenvalue weighted by atomic mass is 15.0. The highest BCUT2D eigenvalue weighted by Crippen LogP contribution is 2.40. The molecule has 0 unspecified atom stereocenters. The molecule has 0 aliphatic heterocycles. The number of amidine groups is 1. The second-order valence-electron chi connectivity index (χ2n) is 17.1. The number of rotatable bonds is 8. The maximum absolute atomic E-state index is 9.03. The number of nitrogens with zero attached hydrogens (tertiary/aromatic N) is 2. The average Bonchev–Trinajstić information content (AvgIpc) is 3.73. The molecule has 0 radical (unpaired) electrons. The summed E-state index contributed by atoms with van der Waals surface area (Å²) in [6.45, 7) is 0. The van der Waals surface area contributed by atoms with E-state index in [1.54, 1.807) is 0 Å². The number of fused-ring (bicyclic) bond motifs is 7. The first kappa shape index (κ1) is 39.7. The zero-order valence-electron chi connectivity index (χ0n) is 36.6. The second kappa shape index (κ2) is 16.9. The van der Waals surface area contributed by atoms with Gasteiger partial charge in [0.25, 0.3) is 0 Å². The lowest BCUT2D eigenvalue weighted by Gasteiger charge is -2.14. The van der Waals surface area contributed by atoms with Crippen molar-refractivity contribution in [1.82, 2.24) is 4.57 Å². The molecular formula is C64H43N3. The molecule has 0 saturated heterocycles. The van der Waals surface area contributed by atoms with Crippen molar-refractivity contribution in [3.05, 3.63) is 265 Å². The van der Waals surface area contributed by atoms with E-state index in [0.717, 1.165) is 44.6 Å². The van der Waals surface area contributed by atoms with Gasteiger partial charge in [-0.15, -0.1) is 0 Å². The van der Waals surface area contributed by atoms with E-state index in [1.807, 2.05) is 36.4 Å². The number of aromatic nitrogens is 1. The molecule has 314 valence electrons. The molecule has 67 heavy (non-hydrogen) atoms. The number of hydrogen-bond donors (Lipinski definition) is 1. The fourth-order valence-corrected chi connectivity index (χ4v) is 9.77. The third kappa shape index (κ3) is 7.39. The fraction of sp³-hybridized carbons (Fsp3) is 0. The molecule has 1 N–H and O–H groups in total. The number of allylic oxidation sites excluding steroid dienone is 1. The molecule has 0 saturated carbocycles. The van der Waals surface area contributed by atoms with Gasteiger partial charge in [-0.2, -0.15) is 0 Å². The number of hydrogen-bond acceptors (Lipinski definition) is 1. The van der Waals surface area contributed by atoms with Crippen molar-refractivity contribution in [2.45, 2.75) is 0 Å². The Bertz CT molecular complexity index is 3900. The monoisotopic (exact) mass is 853 g/mol. The van der Waals surface area contributed by atoms with Gasteiger partial charge >= 0.3 is 0 Å². The summed E-state index contributed by atoms with van der Waals surface area (Å²) in [7, 11) is 0. The maximum Gasteiger partial charge on any atom is 0.152 e. The van der Waals surface area contributed by atoms with Crippen LogP contribution in [0.5, 0.6) is 0 Å². The van der Waals surface area contributed by atoms with Crippen molar-refractivity contribution >= 4 is 71.7 Å². The third-order valence-electron chi connectivity index (χ3n) is 13.1. The van der Waals surface area contributed by atoms with Crippen LogP contribution in [0.15, 0.2) is 254 Å². The fourth-order valence-electron chi connectivity index (χ4n) is 9.77. The van der Waals surface area contributed by atoms with Gasteiger partial charge in [-0.3, -0.25) is 5.41 Å². The molecular weight excluding hydrogens is 811 g/mol. The molecule has 1 heterocycles. The molecule has 0 atom stereocenters. The zero-order valence-corrected chi connectivity index (χ0v) is 36.6. The lowest BCUT2D eigenvalue weighted by molar-refractivity contribution is 1.18. The van der Waals surface area contributed by atoms with E-state index in [4.69, 9.17) is 10.4 Å². The van der Waals surface area contributed by atoms with Crippen molar-refractivity contribution < 1.29 is 0 Å². The normalized spacial score (nSPS) is 12.0. The standard InChI is InChI=1S/C64H43N3/c65-64(48-15-3-1-4-16-48)66-60(52-19-13-18-49(40-52)50-36-39-62-59(41-50)56-24-11-12-25-61(56)67(62)53-20-5-2-6-21-53)38-28-43-26-29-44(30-27-43)45-31-33-47(34-32-45)63-55-23-10-8-17-51(55)42-58-54-22-9-7-14-46(54)35-37-57(58)63/h1-42,65H/b38-28+,65-64?,66-60?. The van der Waals surface area contributed by atoms with Crippen molar-refractivity contribution in [3.63, 3.8) is 0 Å². The summed E-state index contributed by atoms with van der Waals surface area (Å²) in [4.78, 5) is 4.96. The van der Waals surface area contributed by atoms with E-state index in [9.17, 15) is 0 Å². The Labute approximate surface area is 389 Å². The van der Waals surface area contributed by atoms with Crippen LogP contribution in [0.2, 0.25) is 0 Å². The molecule has 3 nitrogen and oxygen atoms in total. The molecule has 11 aromatic carbocycles. The molecule has 0 aliphatic carbocycles. The summed E-state index contributed by atoms with van der Waals surface area (Å²) in [6.07, 6.45) is 4.13. The number of benzene rings is 11. The smallest absolute Gasteiger partial charge is 0.152 e.